The molecule has 6 amide bonds. The van der Waals surface area contributed by atoms with E-state index >= 15 is 0 Å². The van der Waals surface area contributed by atoms with Gasteiger partial charge >= 0.3 is 30.5 Å². The molecule has 17 heteroatoms. The van der Waals surface area contributed by atoms with Gasteiger partial charge in [0, 0.05) is 51.2 Å². The van der Waals surface area contributed by atoms with E-state index in [0.29, 0.717) is 84.3 Å². The van der Waals surface area contributed by atoms with Crippen molar-refractivity contribution >= 4 is 36.4 Å². The number of amides is 6. The number of rotatable bonds is 46. The number of benzene rings is 1. The van der Waals surface area contributed by atoms with Crippen LogP contribution in [0.5, 0.6) is 0 Å². The molecule has 0 saturated heterocycles. The van der Waals surface area contributed by atoms with Gasteiger partial charge in [0.15, 0.2) is 0 Å². The third kappa shape index (κ3) is 50.1. The quantitative estimate of drug-likeness (QED) is 0.0306. The molecule has 5 N–H and O–H groups in total. The van der Waals surface area contributed by atoms with Gasteiger partial charge in [-0.2, -0.15) is 0 Å². The molecule has 3 unspecified atom stereocenters. The lowest BCUT2D eigenvalue weighted by Gasteiger charge is -2.35. The molecule has 0 aliphatic carbocycles. The van der Waals surface area contributed by atoms with Crippen LogP contribution in [0.1, 0.15) is 295 Å². The number of nitrogens with one attached hydrogen (secondary N) is 5. The Hall–Kier alpha value is -4.96. The van der Waals surface area contributed by atoms with E-state index in [0.717, 1.165) is 56.9 Å². The second kappa shape index (κ2) is 46.2. The Kier molecular flexibility index (Phi) is 42.5. The molecule has 0 radical (unpaired) electrons. The summed E-state index contributed by atoms with van der Waals surface area (Å²) in [5.41, 5.74) is -1.68. The standard InChI is InChI=1S/C69H126N6O11/c1-56(73-63(79)82-55-57-45-35-33-36-46-57)44-34-29-27-25-23-21-19-17-15-14-16-18-20-22-24-26-28-30-38-49-60(76)70-50-40-32-31-37-47-58(54-75(65(81)86-69(11,12)13)53-43-42-52-72-62(78)84-67(5,6)7)59(74-64(80)85-68(8,9)10)48-39-41-51-71-61(77)83-66(2,3)4/h33,35-36,45-46,56,58-59H,14-32,34,37-44,47-55H2,1-13H3,(H,70,76)(H,71,77)(H,72,78)(H,73,79)(H,74,80). The average molecular weight is 1220 g/mol. The number of ether oxygens (including phenoxy) is 5. The summed E-state index contributed by atoms with van der Waals surface area (Å²) in [6.07, 6.45) is 30.7. The number of nitrogens with zero attached hydrogens (tertiary/aromatic N) is 1. The summed E-state index contributed by atoms with van der Waals surface area (Å²) in [5, 5.41) is 14.9. The van der Waals surface area contributed by atoms with Crippen molar-refractivity contribution in [3.05, 3.63) is 35.9 Å². The summed E-state index contributed by atoms with van der Waals surface area (Å²) < 4.78 is 27.8. The van der Waals surface area contributed by atoms with Crippen molar-refractivity contribution in [1.29, 1.82) is 0 Å². The van der Waals surface area contributed by atoms with Gasteiger partial charge in [0.1, 0.15) is 29.0 Å². The Labute approximate surface area is 522 Å². The molecule has 0 bridgehead atoms. The molecule has 1 aromatic rings. The highest BCUT2D eigenvalue weighted by Crippen LogP contribution is 2.24. The maximum atomic E-state index is 13.9. The largest absolute Gasteiger partial charge is 0.445 e. The van der Waals surface area contributed by atoms with Crippen LogP contribution in [0.3, 0.4) is 0 Å². The minimum Gasteiger partial charge on any atom is -0.445 e. The predicted octanol–water partition coefficient (Wildman–Crippen LogP) is 17.3. The van der Waals surface area contributed by atoms with Crippen LogP contribution in [0.2, 0.25) is 0 Å². The number of alkyl carbamates (subject to hydrolysis) is 4. The van der Waals surface area contributed by atoms with Crippen LogP contribution in [-0.2, 0) is 35.1 Å². The summed E-state index contributed by atoms with van der Waals surface area (Å²) in [7, 11) is 0. The van der Waals surface area contributed by atoms with Gasteiger partial charge in [-0.15, -0.1) is 0 Å². The Morgan fingerprint density at radius 1 is 0.419 bits per heavy atom. The molecule has 86 heavy (non-hydrogen) atoms. The Morgan fingerprint density at radius 2 is 0.814 bits per heavy atom. The van der Waals surface area contributed by atoms with E-state index in [4.69, 9.17) is 23.7 Å². The first kappa shape index (κ1) is 79.1. The molecular formula is C69H126N6O11. The Bertz CT molecular complexity index is 1940. The van der Waals surface area contributed by atoms with Crippen molar-refractivity contribution in [2.24, 2.45) is 5.92 Å². The van der Waals surface area contributed by atoms with Crippen molar-refractivity contribution in [2.45, 2.75) is 330 Å². The fraction of sp³-hybridized carbons (Fsp3) is 0.826. The summed E-state index contributed by atoms with van der Waals surface area (Å²) in [6.45, 7) is 26.4. The SMILES string of the molecule is CC(CCCCCCCCCCCCCCCCCCCCCC(=O)NCCCCCCC(CN(CCCCNC(=O)OC(C)(C)C)C(=O)OC(C)(C)C)C(CCCCNC(=O)OC(C)(C)C)NC(=O)OC(C)(C)C)NC(=O)OCc1ccccc1. The molecule has 0 spiro atoms. The van der Waals surface area contributed by atoms with Crippen molar-refractivity contribution in [2.75, 3.05) is 32.7 Å². The van der Waals surface area contributed by atoms with Crippen LogP contribution in [0.25, 0.3) is 0 Å². The van der Waals surface area contributed by atoms with Crippen molar-refractivity contribution in [3.8, 4) is 0 Å². The van der Waals surface area contributed by atoms with E-state index in [1.54, 1.807) is 4.90 Å². The van der Waals surface area contributed by atoms with Crippen LogP contribution >= 0.6 is 0 Å². The molecule has 0 heterocycles. The van der Waals surface area contributed by atoms with E-state index in [9.17, 15) is 28.8 Å². The average Bonchev–Trinajstić information content (AvgIpc) is 3.62. The fourth-order valence-electron chi connectivity index (χ4n) is 10.1. The number of carbonyl (C=O) groups is 6. The summed E-state index contributed by atoms with van der Waals surface area (Å²) in [4.78, 5) is 78.6. The molecule has 0 aliphatic heterocycles. The molecular weight excluding hydrogens is 1090 g/mol. The lowest BCUT2D eigenvalue weighted by molar-refractivity contribution is -0.121. The van der Waals surface area contributed by atoms with E-state index in [1.807, 2.05) is 113 Å². The van der Waals surface area contributed by atoms with Gasteiger partial charge in [-0.3, -0.25) is 4.79 Å². The number of unbranched alkanes of at least 4 members (excludes halogenated alkanes) is 23. The van der Waals surface area contributed by atoms with Crippen LogP contribution in [0.4, 0.5) is 24.0 Å². The fourth-order valence-corrected chi connectivity index (χ4v) is 10.1. The van der Waals surface area contributed by atoms with Gasteiger partial charge in [0.05, 0.1) is 0 Å². The van der Waals surface area contributed by atoms with Crippen molar-refractivity contribution in [1.82, 2.24) is 31.5 Å². The maximum absolute atomic E-state index is 13.9. The molecule has 0 saturated carbocycles. The van der Waals surface area contributed by atoms with E-state index < -0.39 is 46.8 Å². The summed E-state index contributed by atoms with van der Waals surface area (Å²) in [5.74, 6) is -0.0469. The molecule has 0 aromatic heterocycles. The number of hydrogen-bond acceptors (Lipinski definition) is 11. The molecule has 0 aliphatic rings. The van der Waals surface area contributed by atoms with Gasteiger partial charge < -0.3 is 55.2 Å². The molecule has 17 nitrogen and oxygen atoms in total. The topological polar surface area (TPSA) is 212 Å². The van der Waals surface area contributed by atoms with Gasteiger partial charge in [-0.1, -0.05) is 165 Å². The van der Waals surface area contributed by atoms with Crippen LogP contribution in [0, 0.1) is 5.92 Å². The highest BCUT2D eigenvalue weighted by Gasteiger charge is 2.31. The van der Waals surface area contributed by atoms with Crippen LogP contribution in [-0.4, -0.2) is 108 Å². The first-order chi connectivity index (χ1) is 40.6. The van der Waals surface area contributed by atoms with E-state index in [1.165, 1.54) is 103 Å². The van der Waals surface area contributed by atoms with E-state index in [2.05, 4.69) is 33.5 Å². The monoisotopic (exact) mass is 1210 g/mol. The lowest BCUT2D eigenvalue weighted by Crippen LogP contribution is -2.48. The van der Waals surface area contributed by atoms with Gasteiger partial charge in [0.2, 0.25) is 5.91 Å². The zero-order valence-electron chi connectivity index (χ0n) is 56.7. The van der Waals surface area contributed by atoms with Gasteiger partial charge in [0.25, 0.3) is 0 Å². The van der Waals surface area contributed by atoms with Gasteiger partial charge in [-0.05, 0) is 159 Å². The van der Waals surface area contributed by atoms with Crippen LogP contribution in [0.15, 0.2) is 30.3 Å². The molecule has 0 fully saturated rings. The minimum absolute atomic E-state index is 0.119. The first-order valence-electron chi connectivity index (χ1n) is 33.8. The molecule has 3 atom stereocenters. The highest BCUT2D eigenvalue weighted by molar-refractivity contribution is 5.75. The van der Waals surface area contributed by atoms with Crippen molar-refractivity contribution < 1.29 is 52.5 Å². The number of hydrogen-bond donors (Lipinski definition) is 5. The molecule has 1 aromatic carbocycles. The molecule has 1 rings (SSSR count). The third-order valence-electron chi connectivity index (χ3n) is 14.5. The zero-order chi connectivity index (χ0) is 64.1. The van der Waals surface area contributed by atoms with Gasteiger partial charge in [-0.25, -0.2) is 24.0 Å². The second-order valence-electron chi connectivity index (χ2n) is 27.9. The Balaban J connectivity index is 2.46. The number of carbonyl (C=O) groups excluding carboxylic acids is 6. The Morgan fingerprint density at radius 3 is 1.30 bits per heavy atom. The minimum atomic E-state index is -0.732. The van der Waals surface area contributed by atoms with E-state index in [-0.39, 0.29) is 30.0 Å². The van der Waals surface area contributed by atoms with Crippen LogP contribution < -0.4 is 26.6 Å². The molecule has 498 valence electrons. The highest BCUT2D eigenvalue weighted by atomic mass is 16.6. The first-order valence-corrected chi connectivity index (χ1v) is 33.8. The summed E-state index contributed by atoms with van der Waals surface area (Å²) >= 11 is 0. The predicted molar refractivity (Wildman–Crippen MR) is 348 cm³/mol. The van der Waals surface area contributed by atoms with Crippen molar-refractivity contribution in [3.63, 3.8) is 0 Å². The zero-order valence-corrected chi connectivity index (χ0v) is 56.7. The lowest BCUT2D eigenvalue weighted by atomic mass is 9.89. The smallest absolute Gasteiger partial charge is 0.410 e. The second-order valence-corrected chi connectivity index (χ2v) is 27.9. The summed E-state index contributed by atoms with van der Waals surface area (Å²) in [6, 6.07) is 9.53. The maximum Gasteiger partial charge on any atom is 0.410 e. The normalized spacial score (nSPS) is 12.9. The third-order valence-corrected chi connectivity index (χ3v) is 14.5.